The molecule has 1 aromatic heterocycles. The molecule has 0 bridgehead atoms. The molecule has 0 saturated carbocycles. The second-order valence-corrected chi connectivity index (χ2v) is 7.23. The molecule has 20 heavy (non-hydrogen) atoms. The number of likely N-dealkylation sites (N-methyl/N-ethyl adjacent to an activating group) is 1. The van der Waals surface area contributed by atoms with Crippen molar-refractivity contribution < 1.29 is 0 Å². The lowest BCUT2D eigenvalue weighted by Gasteiger charge is -2.36. The molecule has 1 atom stereocenters. The zero-order valence-electron chi connectivity index (χ0n) is 11.6. The van der Waals surface area contributed by atoms with E-state index in [9.17, 15) is 0 Å². The number of hydrogen-bond acceptors (Lipinski definition) is 3. The molecule has 1 aliphatic rings. The summed E-state index contributed by atoms with van der Waals surface area (Å²) in [6, 6.07) is 11.7. The fourth-order valence-corrected chi connectivity index (χ4v) is 4.38. The molecule has 1 aliphatic heterocycles. The summed E-state index contributed by atoms with van der Waals surface area (Å²) in [6.07, 6.45) is 1.14. The van der Waals surface area contributed by atoms with Crippen LogP contribution in [0.3, 0.4) is 0 Å². The fraction of sp³-hybridized carbons (Fsp3) is 0.375. The minimum absolute atomic E-state index is 0.579. The van der Waals surface area contributed by atoms with Gasteiger partial charge in [0.1, 0.15) is 0 Å². The van der Waals surface area contributed by atoms with Gasteiger partial charge in [0.05, 0.1) is 0 Å². The summed E-state index contributed by atoms with van der Waals surface area (Å²) in [6.45, 7) is 3.13. The van der Waals surface area contributed by atoms with Gasteiger partial charge in [0.2, 0.25) is 0 Å². The van der Waals surface area contributed by atoms with Crippen LogP contribution >= 0.6 is 27.3 Å². The average Bonchev–Trinajstić information content (AvgIpc) is 2.85. The molecule has 2 aromatic rings. The smallest absolute Gasteiger partial charge is 0.0335 e. The zero-order chi connectivity index (χ0) is 13.9. The van der Waals surface area contributed by atoms with Crippen LogP contribution in [0.4, 0.5) is 0 Å². The molecule has 1 unspecified atom stereocenters. The Hall–Kier alpha value is -0.680. The first kappa shape index (κ1) is 14.3. The zero-order valence-corrected chi connectivity index (χ0v) is 14.0. The highest BCUT2D eigenvalue weighted by molar-refractivity contribution is 9.10. The lowest BCUT2D eigenvalue weighted by Crippen LogP contribution is -2.45. The minimum Gasteiger partial charge on any atom is -0.318 e. The van der Waals surface area contributed by atoms with Crippen LogP contribution in [0.2, 0.25) is 0 Å². The Morgan fingerprint density at radius 3 is 2.85 bits per heavy atom. The number of benzene rings is 1. The van der Waals surface area contributed by atoms with Crippen molar-refractivity contribution in [1.29, 1.82) is 0 Å². The van der Waals surface area contributed by atoms with Crippen molar-refractivity contribution in [3.8, 4) is 0 Å². The van der Waals surface area contributed by atoms with Gasteiger partial charge in [0.15, 0.2) is 0 Å². The predicted octanol–water partition coefficient (Wildman–Crippen LogP) is 3.66. The van der Waals surface area contributed by atoms with Crippen molar-refractivity contribution in [1.82, 2.24) is 10.2 Å². The van der Waals surface area contributed by atoms with Gasteiger partial charge in [-0.15, -0.1) is 11.3 Å². The van der Waals surface area contributed by atoms with E-state index in [2.05, 4.69) is 61.9 Å². The largest absolute Gasteiger partial charge is 0.318 e. The second-order valence-electron chi connectivity index (χ2n) is 5.32. The van der Waals surface area contributed by atoms with E-state index < -0.39 is 0 Å². The van der Waals surface area contributed by atoms with Crippen molar-refractivity contribution in [3.63, 3.8) is 0 Å². The van der Waals surface area contributed by atoms with Gasteiger partial charge in [-0.25, -0.2) is 0 Å². The van der Waals surface area contributed by atoms with Crippen molar-refractivity contribution in [2.45, 2.75) is 25.6 Å². The van der Waals surface area contributed by atoms with Crippen LogP contribution in [-0.2, 0) is 19.5 Å². The normalized spacial score (nSPS) is 19.0. The third-order valence-corrected chi connectivity index (χ3v) is 5.57. The van der Waals surface area contributed by atoms with Crippen LogP contribution in [0.25, 0.3) is 0 Å². The van der Waals surface area contributed by atoms with Gasteiger partial charge >= 0.3 is 0 Å². The molecule has 1 N–H and O–H groups in total. The number of halogens is 1. The molecule has 4 heteroatoms. The van der Waals surface area contributed by atoms with Gasteiger partial charge in [-0.2, -0.15) is 0 Å². The number of nitrogens with zero attached hydrogens (tertiary/aromatic N) is 1. The Morgan fingerprint density at radius 2 is 2.15 bits per heavy atom. The summed E-state index contributed by atoms with van der Waals surface area (Å²) in [4.78, 5) is 4.02. The average molecular weight is 351 g/mol. The maximum absolute atomic E-state index is 3.55. The molecule has 0 aliphatic carbocycles. The summed E-state index contributed by atoms with van der Waals surface area (Å²) in [5.41, 5.74) is 2.99. The van der Waals surface area contributed by atoms with Crippen LogP contribution < -0.4 is 5.32 Å². The van der Waals surface area contributed by atoms with E-state index >= 15 is 0 Å². The maximum atomic E-state index is 3.55. The standard InChI is InChI=1S/C16H19BrN2S/c1-18-8-15-6-12-4-2-3-5-13(12)9-19(15)10-16-7-14(17)11-20-16/h2-5,7,11,15,18H,6,8-10H2,1H3. The molecule has 0 spiro atoms. The molecule has 106 valence electrons. The Bertz CT molecular complexity index is 581. The number of fused-ring (bicyclic) bond motifs is 1. The number of rotatable bonds is 4. The van der Waals surface area contributed by atoms with Gasteiger partial charge in [-0.1, -0.05) is 24.3 Å². The Labute approximate surface area is 132 Å². The molecule has 1 aromatic carbocycles. The highest BCUT2D eigenvalue weighted by atomic mass is 79.9. The first-order chi connectivity index (χ1) is 9.76. The van der Waals surface area contributed by atoms with Crippen molar-refractivity contribution in [3.05, 3.63) is 56.2 Å². The van der Waals surface area contributed by atoms with Crippen LogP contribution in [0.5, 0.6) is 0 Å². The number of nitrogens with one attached hydrogen (secondary N) is 1. The third kappa shape index (κ3) is 3.14. The topological polar surface area (TPSA) is 15.3 Å². The molecular weight excluding hydrogens is 332 g/mol. The third-order valence-electron chi connectivity index (χ3n) is 3.88. The van der Waals surface area contributed by atoms with Crippen molar-refractivity contribution in [2.24, 2.45) is 0 Å². The summed E-state index contributed by atoms with van der Waals surface area (Å²) >= 11 is 5.38. The minimum atomic E-state index is 0.579. The molecule has 0 saturated heterocycles. The predicted molar refractivity (Wildman–Crippen MR) is 89.1 cm³/mol. The van der Waals surface area contributed by atoms with Crippen LogP contribution in [0.1, 0.15) is 16.0 Å². The summed E-state index contributed by atoms with van der Waals surface area (Å²) in [5, 5.41) is 5.51. The highest BCUT2D eigenvalue weighted by Crippen LogP contribution is 2.27. The van der Waals surface area contributed by atoms with Gasteiger partial charge < -0.3 is 5.32 Å². The Morgan fingerprint density at radius 1 is 1.35 bits per heavy atom. The van der Waals surface area contributed by atoms with Gasteiger partial charge in [0, 0.05) is 40.4 Å². The van der Waals surface area contributed by atoms with Crippen LogP contribution in [0, 0.1) is 0 Å². The molecule has 2 nitrogen and oxygen atoms in total. The van der Waals surface area contributed by atoms with E-state index in [0.717, 1.165) is 26.1 Å². The summed E-state index contributed by atoms with van der Waals surface area (Å²) in [7, 11) is 2.04. The summed E-state index contributed by atoms with van der Waals surface area (Å²) in [5.74, 6) is 0. The highest BCUT2D eigenvalue weighted by Gasteiger charge is 2.25. The molecular formula is C16H19BrN2S. The molecule has 2 heterocycles. The van der Waals surface area contributed by atoms with Gasteiger partial charge in [-0.05, 0) is 46.6 Å². The monoisotopic (exact) mass is 350 g/mol. The van der Waals surface area contributed by atoms with Crippen molar-refractivity contribution in [2.75, 3.05) is 13.6 Å². The van der Waals surface area contributed by atoms with Gasteiger partial charge in [0.25, 0.3) is 0 Å². The van der Waals surface area contributed by atoms with E-state index in [1.807, 2.05) is 18.4 Å². The first-order valence-electron chi connectivity index (χ1n) is 6.94. The molecule has 3 rings (SSSR count). The SMILES string of the molecule is CNCC1Cc2ccccc2CN1Cc1cc(Br)cs1. The second kappa shape index (κ2) is 6.39. The molecule has 0 radical (unpaired) electrons. The van der Waals surface area contributed by atoms with Crippen LogP contribution in [-0.4, -0.2) is 24.5 Å². The molecule has 0 fully saturated rings. The van der Waals surface area contributed by atoms with Crippen LogP contribution in [0.15, 0.2) is 40.2 Å². The van der Waals surface area contributed by atoms with E-state index in [-0.39, 0.29) is 0 Å². The molecule has 0 amide bonds. The number of thiophene rings is 1. The van der Waals surface area contributed by atoms with E-state index in [1.165, 1.54) is 20.5 Å². The van der Waals surface area contributed by atoms with Crippen molar-refractivity contribution >= 4 is 27.3 Å². The summed E-state index contributed by atoms with van der Waals surface area (Å²) < 4.78 is 1.19. The fourth-order valence-electron chi connectivity index (χ4n) is 2.90. The maximum Gasteiger partial charge on any atom is 0.0335 e. The lowest BCUT2D eigenvalue weighted by atomic mass is 9.94. The number of hydrogen-bond donors (Lipinski definition) is 1. The van der Waals surface area contributed by atoms with E-state index in [0.29, 0.717) is 6.04 Å². The van der Waals surface area contributed by atoms with Gasteiger partial charge in [-0.3, -0.25) is 4.90 Å². The first-order valence-corrected chi connectivity index (χ1v) is 8.62. The van der Waals surface area contributed by atoms with E-state index in [4.69, 9.17) is 0 Å². The Balaban J connectivity index is 1.80. The Kier molecular flexibility index (Phi) is 4.56. The quantitative estimate of drug-likeness (QED) is 0.905. The van der Waals surface area contributed by atoms with E-state index in [1.54, 1.807) is 0 Å². The lowest BCUT2D eigenvalue weighted by molar-refractivity contribution is 0.162.